The van der Waals surface area contributed by atoms with Gasteiger partial charge in [-0.05, 0) is 25.1 Å². The van der Waals surface area contributed by atoms with Crippen LogP contribution in [0.15, 0.2) is 33.8 Å². The average Bonchev–Trinajstić information content (AvgIpc) is 3.19. The molecule has 1 aliphatic rings. The second-order valence-corrected chi connectivity index (χ2v) is 6.49. The SMILES string of the molecule is CC(=Cc1ccco1)CN1CCN(c2nc(C(N)=O)cs2)CC1. The zero-order valence-electron chi connectivity index (χ0n) is 13.1. The minimum absolute atomic E-state index is 0.352. The molecular formula is C16H20N4O2S. The van der Waals surface area contributed by atoms with Crippen LogP contribution in [0.2, 0.25) is 0 Å². The molecule has 1 saturated heterocycles. The normalized spacial score (nSPS) is 16.7. The molecule has 0 bridgehead atoms. The van der Waals surface area contributed by atoms with Crippen LogP contribution >= 0.6 is 11.3 Å². The van der Waals surface area contributed by atoms with Gasteiger partial charge in [0.25, 0.3) is 5.91 Å². The van der Waals surface area contributed by atoms with Gasteiger partial charge in [0, 0.05) is 38.1 Å². The third kappa shape index (κ3) is 4.00. The van der Waals surface area contributed by atoms with E-state index in [-0.39, 0.29) is 0 Å². The Balaban J connectivity index is 1.52. The highest BCUT2D eigenvalue weighted by molar-refractivity contribution is 7.13. The molecule has 1 aliphatic heterocycles. The number of thiazole rings is 1. The van der Waals surface area contributed by atoms with E-state index in [0.717, 1.165) is 43.6 Å². The van der Waals surface area contributed by atoms with Crippen LogP contribution in [0.3, 0.4) is 0 Å². The van der Waals surface area contributed by atoms with Gasteiger partial charge in [0.05, 0.1) is 6.26 Å². The molecule has 2 aromatic rings. The van der Waals surface area contributed by atoms with Crippen LogP contribution in [-0.2, 0) is 0 Å². The van der Waals surface area contributed by atoms with Crippen molar-refractivity contribution >= 4 is 28.5 Å². The maximum absolute atomic E-state index is 11.1. The molecule has 0 aromatic carbocycles. The lowest BCUT2D eigenvalue weighted by atomic mass is 10.2. The molecule has 3 rings (SSSR count). The van der Waals surface area contributed by atoms with Gasteiger partial charge in [0.15, 0.2) is 5.13 Å². The van der Waals surface area contributed by atoms with Crippen LogP contribution in [0, 0.1) is 0 Å². The molecular weight excluding hydrogens is 312 g/mol. The third-order valence-corrected chi connectivity index (χ3v) is 4.69. The minimum atomic E-state index is -0.468. The molecule has 0 spiro atoms. The predicted octanol–water partition coefficient (Wildman–Crippen LogP) is 2.06. The van der Waals surface area contributed by atoms with Crippen molar-refractivity contribution in [3.63, 3.8) is 0 Å². The lowest BCUT2D eigenvalue weighted by Crippen LogP contribution is -2.46. The lowest BCUT2D eigenvalue weighted by Gasteiger charge is -2.34. The van der Waals surface area contributed by atoms with Gasteiger partial charge in [-0.25, -0.2) is 4.98 Å². The van der Waals surface area contributed by atoms with Crippen LogP contribution < -0.4 is 10.6 Å². The zero-order chi connectivity index (χ0) is 16.2. The first-order valence-electron chi connectivity index (χ1n) is 7.55. The monoisotopic (exact) mass is 332 g/mol. The van der Waals surface area contributed by atoms with Crippen molar-refractivity contribution in [3.8, 4) is 0 Å². The molecule has 0 radical (unpaired) electrons. The standard InChI is InChI=1S/C16H20N4O2S/c1-12(9-13-3-2-8-22-13)10-19-4-6-20(7-5-19)16-18-14(11-23-16)15(17)21/h2-3,8-9,11H,4-7,10H2,1H3,(H2,17,21). The van der Waals surface area contributed by atoms with Crippen molar-refractivity contribution in [2.24, 2.45) is 5.73 Å². The quantitative estimate of drug-likeness (QED) is 0.907. The fraction of sp³-hybridized carbons (Fsp3) is 0.375. The molecule has 0 saturated carbocycles. The minimum Gasteiger partial charge on any atom is -0.465 e. The Hall–Kier alpha value is -2.12. The Morgan fingerprint density at radius 3 is 2.83 bits per heavy atom. The Bertz CT molecular complexity index is 685. The molecule has 2 aromatic heterocycles. The average molecular weight is 332 g/mol. The number of hydrogen-bond acceptors (Lipinski definition) is 6. The summed E-state index contributed by atoms with van der Waals surface area (Å²) in [6.45, 7) is 6.79. The summed E-state index contributed by atoms with van der Waals surface area (Å²) in [6, 6.07) is 3.85. The summed E-state index contributed by atoms with van der Waals surface area (Å²) in [4.78, 5) is 20.0. The first-order valence-corrected chi connectivity index (χ1v) is 8.43. The number of nitrogens with zero attached hydrogens (tertiary/aromatic N) is 3. The largest absolute Gasteiger partial charge is 0.465 e. The number of hydrogen-bond donors (Lipinski definition) is 1. The summed E-state index contributed by atoms with van der Waals surface area (Å²) < 4.78 is 5.34. The lowest BCUT2D eigenvalue weighted by molar-refractivity contribution is 0.0996. The molecule has 0 atom stereocenters. The first kappa shape index (κ1) is 15.8. The Kier molecular flexibility index (Phi) is 4.78. The molecule has 2 N–H and O–H groups in total. The highest BCUT2D eigenvalue weighted by Gasteiger charge is 2.20. The van der Waals surface area contributed by atoms with E-state index in [4.69, 9.17) is 10.2 Å². The van der Waals surface area contributed by atoms with Crippen molar-refractivity contribution in [2.75, 3.05) is 37.6 Å². The number of piperazine rings is 1. The fourth-order valence-corrected chi connectivity index (χ4v) is 3.50. The summed E-state index contributed by atoms with van der Waals surface area (Å²) in [7, 11) is 0. The van der Waals surface area contributed by atoms with E-state index in [1.165, 1.54) is 16.9 Å². The molecule has 6 nitrogen and oxygen atoms in total. The van der Waals surface area contributed by atoms with Gasteiger partial charge in [0.2, 0.25) is 0 Å². The van der Waals surface area contributed by atoms with Gasteiger partial charge >= 0.3 is 0 Å². The number of anilines is 1. The van der Waals surface area contributed by atoms with Gasteiger partial charge in [-0.2, -0.15) is 0 Å². The summed E-state index contributed by atoms with van der Waals surface area (Å²) in [6.07, 6.45) is 3.76. The van der Waals surface area contributed by atoms with Gasteiger partial charge in [-0.3, -0.25) is 9.69 Å². The predicted molar refractivity (Wildman–Crippen MR) is 91.6 cm³/mol. The molecule has 1 amide bonds. The van der Waals surface area contributed by atoms with E-state index in [1.54, 1.807) is 11.6 Å². The molecule has 0 unspecified atom stereocenters. The number of nitrogens with two attached hydrogens (primary N) is 1. The summed E-state index contributed by atoms with van der Waals surface area (Å²) in [5, 5.41) is 2.60. The topological polar surface area (TPSA) is 75.6 Å². The molecule has 0 aliphatic carbocycles. The van der Waals surface area contributed by atoms with Crippen molar-refractivity contribution in [2.45, 2.75) is 6.92 Å². The number of rotatable bonds is 5. The zero-order valence-corrected chi connectivity index (χ0v) is 13.9. The van der Waals surface area contributed by atoms with Crippen molar-refractivity contribution in [1.82, 2.24) is 9.88 Å². The maximum atomic E-state index is 11.1. The van der Waals surface area contributed by atoms with Crippen molar-refractivity contribution in [3.05, 3.63) is 40.8 Å². The second kappa shape index (κ2) is 6.97. The number of carbonyl (C=O) groups is 1. The third-order valence-electron chi connectivity index (χ3n) is 3.79. The summed E-state index contributed by atoms with van der Waals surface area (Å²) >= 11 is 1.47. The molecule has 3 heterocycles. The van der Waals surface area contributed by atoms with Crippen LogP contribution in [-0.4, -0.2) is 48.5 Å². The van der Waals surface area contributed by atoms with E-state index in [9.17, 15) is 4.79 Å². The molecule has 122 valence electrons. The number of carbonyl (C=O) groups excluding carboxylic acids is 1. The second-order valence-electron chi connectivity index (χ2n) is 5.65. The fourth-order valence-electron chi connectivity index (χ4n) is 2.63. The van der Waals surface area contributed by atoms with Gasteiger partial charge in [-0.15, -0.1) is 11.3 Å². The Morgan fingerprint density at radius 2 is 2.22 bits per heavy atom. The maximum Gasteiger partial charge on any atom is 0.268 e. The van der Waals surface area contributed by atoms with Crippen LogP contribution in [0.5, 0.6) is 0 Å². The van der Waals surface area contributed by atoms with Crippen molar-refractivity contribution < 1.29 is 9.21 Å². The first-order chi connectivity index (χ1) is 11.1. The van der Waals surface area contributed by atoms with E-state index in [0.29, 0.717) is 5.69 Å². The Labute approximate surface area is 139 Å². The van der Waals surface area contributed by atoms with Crippen molar-refractivity contribution in [1.29, 1.82) is 0 Å². The Morgan fingerprint density at radius 1 is 1.43 bits per heavy atom. The number of furan rings is 1. The number of aromatic nitrogens is 1. The van der Waals surface area contributed by atoms with E-state index in [2.05, 4.69) is 27.8 Å². The van der Waals surface area contributed by atoms with Gasteiger partial charge in [-0.1, -0.05) is 5.57 Å². The summed E-state index contributed by atoms with van der Waals surface area (Å²) in [5.74, 6) is 0.424. The molecule has 23 heavy (non-hydrogen) atoms. The number of amides is 1. The highest BCUT2D eigenvalue weighted by atomic mass is 32.1. The van der Waals surface area contributed by atoms with E-state index >= 15 is 0 Å². The molecule has 1 fully saturated rings. The van der Waals surface area contributed by atoms with Crippen LogP contribution in [0.1, 0.15) is 23.2 Å². The van der Waals surface area contributed by atoms with E-state index in [1.807, 2.05) is 12.1 Å². The van der Waals surface area contributed by atoms with Crippen LogP contribution in [0.4, 0.5) is 5.13 Å². The summed E-state index contributed by atoms with van der Waals surface area (Å²) in [5.41, 5.74) is 6.88. The van der Waals surface area contributed by atoms with Gasteiger partial charge in [0.1, 0.15) is 11.5 Å². The highest BCUT2D eigenvalue weighted by Crippen LogP contribution is 2.22. The molecule has 7 heteroatoms. The van der Waals surface area contributed by atoms with Gasteiger partial charge < -0.3 is 15.1 Å². The van der Waals surface area contributed by atoms with E-state index < -0.39 is 5.91 Å². The van der Waals surface area contributed by atoms with Crippen LogP contribution in [0.25, 0.3) is 6.08 Å². The number of primary amides is 1. The smallest absolute Gasteiger partial charge is 0.268 e.